The largest absolute Gasteiger partial charge is 0.353 e. The number of carbonyl (C=O) groups excluding carboxylic acids is 1. The van der Waals surface area contributed by atoms with Gasteiger partial charge in [-0.3, -0.25) is 4.79 Å². The summed E-state index contributed by atoms with van der Waals surface area (Å²) in [6.07, 6.45) is 3.05. The number of alkyl halides is 1. The molecule has 1 N–H and O–H groups in total. The zero-order valence-corrected chi connectivity index (χ0v) is 10.1. The van der Waals surface area contributed by atoms with E-state index in [0.29, 0.717) is 12.0 Å². The summed E-state index contributed by atoms with van der Waals surface area (Å²) in [5.41, 5.74) is 0.648. The van der Waals surface area contributed by atoms with Gasteiger partial charge in [0.15, 0.2) is 9.84 Å². The first-order chi connectivity index (χ1) is 7.97. The number of carbonyl (C=O) groups is 1. The molecule has 1 amide bonds. The van der Waals surface area contributed by atoms with Gasteiger partial charge in [-0.25, -0.2) is 12.8 Å². The average Bonchev–Trinajstić information content (AvgIpc) is 2.28. The van der Waals surface area contributed by atoms with Crippen LogP contribution in [-0.4, -0.2) is 33.8 Å². The van der Waals surface area contributed by atoms with Crippen LogP contribution in [0.2, 0.25) is 0 Å². The molecule has 0 aromatic heterocycles. The number of hydrogen-bond acceptors (Lipinski definition) is 3. The maximum atomic E-state index is 12.5. The van der Waals surface area contributed by atoms with Crippen LogP contribution in [0.15, 0.2) is 29.2 Å². The standard InChI is InChI=1S/C11H13FNO3S/c1-17(15,16)11-4-2-9(3-5-11)6-10(7-12)13-8-14/h2-6,8,10H,7H2,1H3,(H,13,14)/t10-/m0/s1. The summed E-state index contributed by atoms with van der Waals surface area (Å²) in [6.45, 7) is -0.716. The Morgan fingerprint density at radius 1 is 1.35 bits per heavy atom. The molecule has 0 saturated carbocycles. The van der Waals surface area contributed by atoms with Crippen LogP contribution in [0.1, 0.15) is 5.56 Å². The first kappa shape index (κ1) is 13.6. The monoisotopic (exact) mass is 258 g/mol. The lowest BCUT2D eigenvalue weighted by Crippen LogP contribution is -2.30. The molecule has 1 radical (unpaired) electrons. The smallest absolute Gasteiger partial charge is 0.207 e. The molecule has 0 bridgehead atoms. The fraction of sp³-hybridized carbons (Fsp3) is 0.273. The third kappa shape index (κ3) is 4.14. The summed E-state index contributed by atoms with van der Waals surface area (Å²) in [7, 11) is -3.22. The molecule has 0 fully saturated rings. The predicted molar refractivity (Wildman–Crippen MR) is 61.9 cm³/mol. The molecule has 0 aliphatic rings. The van der Waals surface area contributed by atoms with Crippen LogP contribution in [0.4, 0.5) is 4.39 Å². The lowest BCUT2D eigenvalue weighted by atomic mass is 10.1. The Hall–Kier alpha value is -1.43. The fourth-order valence-corrected chi connectivity index (χ4v) is 1.91. The molecule has 4 nitrogen and oxygen atoms in total. The second-order valence-corrected chi connectivity index (χ2v) is 5.57. The summed E-state index contributed by atoms with van der Waals surface area (Å²) in [5, 5.41) is 2.30. The van der Waals surface area contributed by atoms with Crippen molar-refractivity contribution in [3.05, 3.63) is 36.2 Å². The van der Waals surface area contributed by atoms with Gasteiger partial charge in [0.05, 0.1) is 10.9 Å². The number of hydrogen-bond donors (Lipinski definition) is 1. The lowest BCUT2D eigenvalue weighted by molar-refractivity contribution is -0.110. The van der Waals surface area contributed by atoms with Crippen molar-refractivity contribution in [2.24, 2.45) is 0 Å². The van der Waals surface area contributed by atoms with Crippen molar-refractivity contribution < 1.29 is 17.6 Å². The highest BCUT2D eigenvalue weighted by atomic mass is 32.2. The molecular formula is C11H13FNO3S. The van der Waals surface area contributed by atoms with Gasteiger partial charge in [0.2, 0.25) is 6.41 Å². The van der Waals surface area contributed by atoms with Gasteiger partial charge in [0.1, 0.15) is 6.67 Å². The van der Waals surface area contributed by atoms with E-state index in [-0.39, 0.29) is 4.90 Å². The fourth-order valence-electron chi connectivity index (χ4n) is 1.28. The molecule has 0 unspecified atom stereocenters. The highest BCUT2D eigenvalue weighted by Gasteiger charge is 2.10. The number of benzene rings is 1. The highest BCUT2D eigenvalue weighted by Crippen LogP contribution is 2.12. The molecular weight excluding hydrogens is 245 g/mol. The number of amides is 1. The third-order valence-electron chi connectivity index (χ3n) is 2.15. The Balaban J connectivity index is 2.78. The molecule has 1 aromatic carbocycles. The molecule has 0 saturated heterocycles. The van der Waals surface area contributed by atoms with Crippen molar-refractivity contribution >= 4 is 16.2 Å². The molecule has 93 valence electrons. The summed E-state index contributed by atoms with van der Waals surface area (Å²) >= 11 is 0. The molecule has 0 aliphatic carbocycles. The lowest BCUT2D eigenvalue weighted by Gasteiger charge is -2.11. The minimum atomic E-state index is -3.22. The maximum Gasteiger partial charge on any atom is 0.207 e. The minimum absolute atomic E-state index is 0.204. The van der Waals surface area contributed by atoms with Crippen LogP contribution in [0, 0.1) is 6.42 Å². The number of halogens is 1. The summed E-state index contributed by atoms with van der Waals surface area (Å²) in [5.74, 6) is 0. The molecule has 6 heteroatoms. The summed E-state index contributed by atoms with van der Waals surface area (Å²) in [4.78, 5) is 10.4. The summed E-state index contributed by atoms with van der Waals surface area (Å²) < 4.78 is 34.8. The van der Waals surface area contributed by atoms with Gasteiger partial charge in [0.25, 0.3) is 0 Å². The van der Waals surface area contributed by atoms with Crippen LogP contribution in [0.5, 0.6) is 0 Å². The van der Waals surface area contributed by atoms with E-state index in [0.717, 1.165) is 6.26 Å². The third-order valence-corrected chi connectivity index (χ3v) is 3.28. The first-order valence-electron chi connectivity index (χ1n) is 4.88. The average molecular weight is 258 g/mol. The van der Waals surface area contributed by atoms with E-state index in [1.807, 2.05) is 0 Å². The molecule has 0 spiro atoms. The van der Waals surface area contributed by atoms with Gasteiger partial charge in [-0.1, -0.05) is 12.1 Å². The van der Waals surface area contributed by atoms with E-state index in [4.69, 9.17) is 0 Å². The zero-order chi connectivity index (χ0) is 12.9. The van der Waals surface area contributed by atoms with Crippen LogP contribution in [-0.2, 0) is 14.6 Å². The van der Waals surface area contributed by atoms with Crippen molar-refractivity contribution in [3.63, 3.8) is 0 Å². The molecule has 0 heterocycles. The molecule has 1 atom stereocenters. The van der Waals surface area contributed by atoms with Gasteiger partial charge in [0, 0.05) is 12.7 Å². The van der Waals surface area contributed by atoms with E-state index in [1.165, 1.54) is 18.6 Å². The van der Waals surface area contributed by atoms with E-state index in [2.05, 4.69) is 5.32 Å². The Labute approximate surface area is 99.8 Å². The first-order valence-corrected chi connectivity index (χ1v) is 6.77. The van der Waals surface area contributed by atoms with Gasteiger partial charge in [-0.2, -0.15) is 0 Å². The van der Waals surface area contributed by atoms with E-state index >= 15 is 0 Å². The Morgan fingerprint density at radius 3 is 2.35 bits per heavy atom. The Morgan fingerprint density at radius 2 is 1.94 bits per heavy atom. The quantitative estimate of drug-likeness (QED) is 0.765. The molecule has 1 rings (SSSR count). The molecule has 17 heavy (non-hydrogen) atoms. The highest BCUT2D eigenvalue weighted by molar-refractivity contribution is 7.90. The number of nitrogens with one attached hydrogen (secondary N) is 1. The predicted octanol–water partition coefficient (Wildman–Crippen LogP) is 0.727. The van der Waals surface area contributed by atoms with Crippen LogP contribution in [0.3, 0.4) is 0 Å². The molecule has 0 aliphatic heterocycles. The van der Waals surface area contributed by atoms with Crippen LogP contribution < -0.4 is 5.32 Å². The Bertz CT molecular complexity index is 470. The van der Waals surface area contributed by atoms with E-state index in [9.17, 15) is 17.6 Å². The van der Waals surface area contributed by atoms with Crippen LogP contribution in [0.25, 0.3) is 0 Å². The van der Waals surface area contributed by atoms with E-state index in [1.54, 1.807) is 12.1 Å². The zero-order valence-electron chi connectivity index (χ0n) is 9.26. The van der Waals surface area contributed by atoms with Crippen molar-refractivity contribution in [1.82, 2.24) is 5.32 Å². The van der Waals surface area contributed by atoms with Crippen molar-refractivity contribution in [3.8, 4) is 0 Å². The maximum absolute atomic E-state index is 12.5. The van der Waals surface area contributed by atoms with Gasteiger partial charge in [-0.05, 0) is 17.7 Å². The van der Waals surface area contributed by atoms with E-state index < -0.39 is 22.6 Å². The van der Waals surface area contributed by atoms with Gasteiger partial charge >= 0.3 is 0 Å². The topological polar surface area (TPSA) is 63.2 Å². The molecule has 1 aromatic rings. The number of rotatable bonds is 6. The summed E-state index contributed by atoms with van der Waals surface area (Å²) in [6, 6.07) is 5.31. The minimum Gasteiger partial charge on any atom is -0.353 e. The van der Waals surface area contributed by atoms with Crippen molar-refractivity contribution in [1.29, 1.82) is 0 Å². The SMILES string of the molecule is CS(=O)(=O)c1ccc([CH][C@@H](CF)NC=O)cc1. The van der Waals surface area contributed by atoms with Crippen molar-refractivity contribution in [2.75, 3.05) is 12.9 Å². The number of sulfone groups is 1. The normalized spacial score (nSPS) is 13.1. The van der Waals surface area contributed by atoms with Crippen LogP contribution >= 0.6 is 0 Å². The van der Waals surface area contributed by atoms with Gasteiger partial charge < -0.3 is 5.32 Å². The second-order valence-electron chi connectivity index (χ2n) is 3.55. The second kappa shape index (κ2) is 5.77. The van der Waals surface area contributed by atoms with Gasteiger partial charge in [-0.15, -0.1) is 0 Å². The van der Waals surface area contributed by atoms with Crippen molar-refractivity contribution in [2.45, 2.75) is 10.9 Å². The Kier molecular flexibility index (Phi) is 4.62.